The normalized spacial score (nSPS) is 9.47. The van der Waals surface area contributed by atoms with Crippen LogP contribution in [0, 0.1) is 0 Å². The van der Waals surface area contributed by atoms with Gasteiger partial charge >= 0.3 is 0 Å². The Morgan fingerprint density at radius 1 is 1.18 bits per heavy atom. The van der Waals surface area contributed by atoms with Gasteiger partial charge in [-0.1, -0.05) is 37.3 Å². The minimum Gasteiger partial charge on any atom is -0.355 e. The van der Waals surface area contributed by atoms with Crippen molar-refractivity contribution in [1.29, 1.82) is 0 Å². The molecule has 2 N–H and O–H groups in total. The zero-order valence-electron chi connectivity index (χ0n) is 10.2. The lowest BCUT2D eigenvalue weighted by atomic mass is 10.1. The van der Waals surface area contributed by atoms with E-state index in [1.165, 1.54) is 5.56 Å². The zero-order chi connectivity index (χ0) is 11.6. The average Bonchev–Trinajstić information content (AvgIpc) is 2.33. The molecule has 1 amide bonds. The van der Waals surface area contributed by atoms with Gasteiger partial charge in [0.1, 0.15) is 0 Å². The smallest absolute Gasteiger partial charge is 0.220 e. The summed E-state index contributed by atoms with van der Waals surface area (Å²) in [5.41, 5.74) is 1.21. The zero-order valence-corrected chi connectivity index (χ0v) is 11.1. The Labute approximate surface area is 109 Å². The fourth-order valence-corrected chi connectivity index (χ4v) is 1.46. The van der Waals surface area contributed by atoms with Crippen molar-refractivity contribution in [2.45, 2.75) is 19.8 Å². The molecule has 0 aromatic heterocycles. The lowest BCUT2D eigenvalue weighted by Gasteiger charge is -2.05. The number of likely N-dealkylation sites (N-methyl/N-ethyl adjacent to an activating group) is 1. The van der Waals surface area contributed by atoms with Crippen LogP contribution in [0.15, 0.2) is 30.3 Å². The molecule has 0 heterocycles. The molecule has 0 atom stereocenters. The SMILES string of the molecule is CCNCCNC(=O)CCc1ccccc1.Cl. The van der Waals surface area contributed by atoms with Gasteiger partial charge in [-0.05, 0) is 18.5 Å². The molecule has 0 saturated heterocycles. The summed E-state index contributed by atoms with van der Waals surface area (Å²) in [7, 11) is 0. The first-order valence-electron chi connectivity index (χ1n) is 5.84. The highest BCUT2D eigenvalue weighted by Crippen LogP contribution is 2.01. The fraction of sp³-hybridized carbons (Fsp3) is 0.462. The lowest BCUT2D eigenvalue weighted by molar-refractivity contribution is -0.121. The molecule has 17 heavy (non-hydrogen) atoms. The number of aryl methyl sites for hydroxylation is 1. The van der Waals surface area contributed by atoms with E-state index in [9.17, 15) is 4.79 Å². The van der Waals surface area contributed by atoms with Gasteiger partial charge in [-0.3, -0.25) is 4.79 Å². The molecular formula is C13H21ClN2O. The molecular weight excluding hydrogens is 236 g/mol. The van der Waals surface area contributed by atoms with Crippen LogP contribution in [-0.2, 0) is 11.2 Å². The van der Waals surface area contributed by atoms with Gasteiger partial charge in [-0.25, -0.2) is 0 Å². The van der Waals surface area contributed by atoms with Crippen molar-refractivity contribution in [3.05, 3.63) is 35.9 Å². The molecule has 4 heteroatoms. The molecule has 0 bridgehead atoms. The quantitative estimate of drug-likeness (QED) is 0.730. The first kappa shape index (κ1) is 15.9. The Morgan fingerprint density at radius 3 is 2.53 bits per heavy atom. The predicted octanol–water partition coefficient (Wildman–Crippen LogP) is 1.77. The molecule has 0 spiro atoms. The Bertz CT molecular complexity index is 304. The molecule has 0 unspecified atom stereocenters. The van der Waals surface area contributed by atoms with E-state index in [2.05, 4.69) is 17.6 Å². The average molecular weight is 257 g/mol. The summed E-state index contributed by atoms with van der Waals surface area (Å²) in [5.74, 6) is 0.127. The largest absolute Gasteiger partial charge is 0.355 e. The van der Waals surface area contributed by atoms with Crippen LogP contribution >= 0.6 is 12.4 Å². The number of carbonyl (C=O) groups is 1. The standard InChI is InChI=1S/C13H20N2O.ClH/c1-2-14-10-11-15-13(16)9-8-12-6-4-3-5-7-12;/h3-7,14H,2,8-11H2,1H3,(H,15,16);1H. The van der Waals surface area contributed by atoms with Gasteiger partial charge in [-0.2, -0.15) is 0 Å². The van der Waals surface area contributed by atoms with Crippen molar-refractivity contribution < 1.29 is 4.79 Å². The number of rotatable bonds is 7. The van der Waals surface area contributed by atoms with Crippen LogP contribution in [0.4, 0.5) is 0 Å². The fourth-order valence-electron chi connectivity index (χ4n) is 1.46. The predicted molar refractivity (Wildman–Crippen MR) is 73.6 cm³/mol. The topological polar surface area (TPSA) is 41.1 Å². The van der Waals surface area contributed by atoms with Gasteiger partial charge in [0.25, 0.3) is 0 Å². The Balaban J connectivity index is 0.00000256. The Morgan fingerprint density at radius 2 is 1.88 bits per heavy atom. The Kier molecular flexibility index (Phi) is 9.49. The molecule has 0 fully saturated rings. The Hall–Kier alpha value is -1.06. The summed E-state index contributed by atoms with van der Waals surface area (Å²) < 4.78 is 0. The number of amides is 1. The number of halogens is 1. The van der Waals surface area contributed by atoms with Crippen LogP contribution in [0.5, 0.6) is 0 Å². The highest BCUT2D eigenvalue weighted by Gasteiger charge is 2.00. The number of carbonyl (C=O) groups excluding carboxylic acids is 1. The van der Waals surface area contributed by atoms with Gasteiger partial charge in [0.2, 0.25) is 5.91 Å². The van der Waals surface area contributed by atoms with Crippen LogP contribution in [0.25, 0.3) is 0 Å². The molecule has 0 aliphatic carbocycles. The monoisotopic (exact) mass is 256 g/mol. The van der Waals surface area contributed by atoms with E-state index in [0.717, 1.165) is 19.5 Å². The number of hydrogen-bond donors (Lipinski definition) is 2. The maximum absolute atomic E-state index is 11.4. The summed E-state index contributed by atoms with van der Waals surface area (Å²) in [4.78, 5) is 11.4. The van der Waals surface area contributed by atoms with E-state index in [-0.39, 0.29) is 18.3 Å². The van der Waals surface area contributed by atoms with Crippen LogP contribution in [0.1, 0.15) is 18.9 Å². The first-order valence-corrected chi connectivity index (χ1v) is 5.84. The molecule has 0 saturated carbocycles. The van der Waals surface area contributed by atoms with E-state index in [0.29, 0.717) is 13.0 Å². The van der Waals surface area contributed by atoms with Gasteiger partial charge in [-0.15, -0.1) is 12.4 Å². The summed E-state index contributed by atoms with van der Waals surface area (Å²) in [5, 5.41) is 6.05. The van der Waals surface area contributed by atoms with Crippen molar-refractivity contribution in [3.63, 3.8) is 0 Å². The second kappa shape index (κ2) is 10.1. The van der Waals surface area contributed by atoms with Crippen LogP contribution in [-0.4, -0.2) is 25.5 Å². The third-order valence-corrected chi connectivity index (χ3v) is 2.36. The van der Waals surface area contributed by atoms with Gasteiger partial charge in [0, 0.05) is 19.5 Å². The molecule has 1 aromatic rings. The first-order chi connectivity index (χ1) is 7.83. The van der Waals surface area contributed by atoms with Crippen molar-refractivity contribution in [3.8, 4) is 0 Å². The minimum absolute atomic E-state index is 0. The van der Waals surface area contributed by atoms with Crippen molar-refractivity contribution in [2.75, 3.05) is 19.6 Å². The number of hydrogen-bond acceptors (Lipinski definition) is 2. The molecule has 0 radical (unpaired) electrons. The van der Waals surface area contributed by atoms with Crippen molar-refractivity contribution >= 4 is 18.3 Å². The van der Waals surface area contributed by atoms with Gasteiger partial charge in [0.05, 0.1) is 0 Å². The minimum atomic E-state index is 0. The molecule has 1 aromatic carbocycles. The van der Waals surface area contributed by atoms with Crippen LogP contribution in [0.2, 0.25) is 0 Å². The summed E-state index contributed by atoms with van der Waals surface area (Å²) in [6.07, 6.45) is 1.38. The third kappa shape index (κ3) is 7.77. The highest BCUT2D eigenvalue weighted by molar-refractivity contribution is 5.85. The second-order valence-electron chi connectivity index (χ2n) is 3.69. The third-order valence-electron chi connectivity index (χ3n) is 2.36. The van der Waals surface area contributed by atoms with Gasteiger partial charge < -0.3 is 10.6 Å². The summed E-state index contributed by atoms with van der Waals surface area (Å²) in [6, 6.07) is 10.1. The lowest BCUT2D eigenvalue weighted by Crippen LogP contribution is -2.31. The van der Waals surface area contributed by atoms with Crippen molar-refractivity contribution in [2.24, 2.45) is 0 Å². The number of nitrogens with one attached hydrogen (secondary N) is 2. The highest BCUT2D eigenvalue weighted by atomic mass is 35.5. The maximum Gasteiger partial charge on any atom is 0.220 e. The van der Waals surface area contributed by atoms with E-state index in [1.807, 2.05) is 30.3 Å². The number of benzene rings is 1. The second-order valence-corrected chi connectivity index (χ2v) is 3.69. The van der Waals surface area contributed by atoms with Crippen molar-refractivity contribution in [1.82, 2.24) is 10.6 Å². The van der Waals surface area contributed by atoms with E-state index < -0.39 is 0 Å². The van der Waals surface area contributed by atoms with Gasteiger partial charge in [0.15, 0.2) is 0 Å². The van der Waals surface area contributed by atoms with Crippen LogP contribution < -0.4 is 10.6 Å². The molecule has 1 rings (SSSR count). The summed E-state index contributed by atoms with van der Waals surface area (Å²) >= 11 is 0. The van der Waals surface area contributed by atoms with E-state index >= 15 is 0 Å². The van der Waals surface area contributed by atoms with E-state index in [4.69, 9.17) is 0 Å². The molecule has 3 nitrogen and oxygen atoms in total. The summed E-state index contributed by atoms with van der Waals surface area (Å²) in [6.45, 7) is 4.55. The molecule has 0 aliphatic heterocycles. The van der Waals surface area contributed by atoms with E-state index in [1.54, 1.807) is 0 Å². The van der Waals surface area contributed by atoms with Crippen LogP contribution in [0.3, 0.4) is 0 Å². The molecule has 0 aliphatic rings. The molecule has 96 valence electrons. The maximum atomic E-state index is 11.4.